The first-order valence-electron chi connectivity index (χ1n) is 6.35. The molecule has 0 fully saturated rings. The summed E-state index contributed by atoms with van der Waals surface area (Å²) in [6, 6.07) is 8.65. The number of benzene rings is 1. The maximum atomic E-state index is 9.48. The van der Waals surface area contributed by atoms with Crippen LogP contribution in [0.4, 0.5) is 0 Å². The van der Waals surface area contributed by atoms with Crippen LogP contribution in [0.3, 0.4) is 0 Å². The van der Waals surface area contributed by atoms with Crippen molar-refractivity contribution >= 4 is 0 Å². The Kier molecular flexibility index (Phi) is 2.98. The monoisotopic (exact) mass is 270 g/mol. The standard InChI is InChI=1S/C14H14N4O2/c1-3-18-12(7-9(2)16-18)14-15-13(17-20-14)10-5-4-6-11(19)8-10/h4-8,19H,3H2,1-2H3. The van der Waals surface area contributed by atoms with Crippen LogP contribution in [-0.2, 0) is 6.54 Å². The molecular formula is C14H14N4O2. The van der Waals surface area contributed by atoms with Gasteiger partial charge >= 0.3 is 0 Å². The summed E-state index contributed by atoms with van der Waals surface area (Å²) in [6.07, 6.45) is 0. The van der Waals surface area contributed by atoms with E-state index in [9.17, 15) is 5.11 Å². The van der Waals surface area contributed by atoms with Crippen molar-refractivity contribution in [1.82, 2.24) is 19.9 Å². The molecule has 0 amide bonds. The van der Waals surface area contributed by atoms with Crippen LogP contribution in [0, 0.1) is 6.92 Å². The molecule has 0 saturated carbocycles. The van der Waals surface area contributed by atoms with Crippen molar-refractivity contribution in [3.05, 3.63) is 36.0 Å². The second-order valence-electron chi connectivity index (χ2n) is 4.46. The van der Waals surface area contributed by atoms with Gasteiger partial charge in [0, 0.05) is 12.1 Å². The summed E-state index contributed by atoms with van der Waals surface area (Å²) in [4.78, 5) is 4.36. The van der Waals surface area contributed by atoms with Crippen LogP contribution in [-0.4, -0.2) is 25.0 Å². The van der Waals surface area contributed by atoms with Crippen molar-refractivity contribution in [2.45, 2.75) is 20.4 Å². The van der Waals surface area contributed by atoms with Crippen molar-refractivity contribution in [2.24, 2.45) is 0 Å². The van der Waals surface area contributed by atoms with E-state index in [0.29, 0.717) is 17.3 Å². The summed E-state index contributed by atoms with van der Waals surface area (Å²) < 4.78 is 7.11. The summed E-state index contributed by atoms with van der Waals surface area (Å²) in [5, 5.41) is 17.8. The van der Waals surface area contributed by atoms with Crippen molar-refractivity contribution in [3.63, 3.8) is 0 Å². The second kappa shape index (κ2) is 4.80. The zero-order valence-corrected chi connectivity index (χ0v) is 11.2. The van der Waals surface area contributed by atoms with Crippen LogP contribution in [0.1, 0.15) is 12.6 Å². The van der Waals surface area contributed by atoms with Crippen LogP contribution >= 0.6 is 0 Å². The second-order valence-corrected chi connectivity index (χ2v) is 4.46. The topological polar surface area (TPSA) is 77.0 Å². The Morgan fingerprint density at radius 1 is 1.30 bits per heavy atom. The number of hydrogen-bond donors (Lipinski definition) is 1. The van der Waals surface area contributed by atoms with E-state index in [-0.39, 0.29) is 5.75 Å². The van der Waals surface area contributed by atoms with Gasteiger partial charge in [-0.15, -0.1) is 0 Å². The van der Waals surface area contributed by atoms with E-state index < -0.39 is 0 Å². The summed E-state index contributed by atoms with van der Waals surface area (Å²) >= 11 is 0. The largest absolute Gasteiger partial charge is 0.508 e. The molecule has 1 N–H and O–H groups in total. The maximum Gasteiger partial charge on any atom is 0.276 e. The molecule has 0 spiro atoms. The van der Waals surface area contributed by atoms with Gasteiger partial charge in [-0.05, 0) is 32.0 Å². The Morgan fingerprint density at radius 3 is 2.90 bits per heavy atom. The average Bonchev–Trinajstić information content (AvgIpc) is 3.04. The lowest BCUT2D eigenvalue weighted by molar-refractivity contribution is 0.427. The first-order chi connectivity index (χ1) is 9.67. The van der Waals surface area contributed by atoms with Crippen LogP contribution in [0.5, 0.6) is 5.75 Å². The zero-order chi connectivity index (χ0) is 14.1. The number of aromatic nitrogens is 4. The van der Waals surface area contributed by atoms with E-state index in [1.807, 2.05) is 30.7 Å². The molecule has 6 nitrogen and oxygen atoms in total. The minimum absolute atomic E-state index is 0.170. The highest BCUT2D eigenvalue weighted by molar-refractivity contribution is 5.59. The SMILES string of the molecule is CCn1nc(C)cc1-c1nc(-c2cccc(O)c2)no1. The number of rotatable bonds is 3. The predicted octanol–water partition coefficient (Wildman–Crippen LogP) is 2.63. The van der Waals surface area contributed by atoms with Crippen molar-refractivity contribution in [2.75, 3.05) is 0 Å². The third-order valence-corrected chi connectivity index (χ3v) is 2.95. The van der Waals surface area contributed by atoms with Crippen molar-refractivity contribution < 1.29 is 9.63 Å². The van der Waals surface area contributed by atoms with Gasteiger partial charge in [0.25, 0.3) is 5.89 Å². The first-order valence-corrected chi connectivity index (χ1v) is 6.35. The molecule has 1 aromatic carbocycles. The fraction of sp³-hybridized carbons (Fsp3) is 0.214. The van der Waals surface area contributed by atoms with E-state index in [2.05, 4.69) is 15.2 Å². The summed E-state index contributed by atoms with van der Waals surface area (Å²) in [5.74, 6) is 1.03. The number of nitrogens with zero attached hydrogens (tertiary/aromatic N) is 4. The van der Waals surface area contributed by atoms with Crippen LogP contribution in [0.15, 0.2) is 34.9 Å². The number of aromatic hydroxyl groups is 1. The van der Waals surface area contributed by atoms with E-state index in [1.54, 1.807) is 18.2 Å². The first kappa shape index (κ1) is 12.4. The average molecular weight is 270 g/mol. The lowest BCUT2D eigenvalue weighted by atomic mass is 10.2. The minimum atomic E-state index is 0.170. The molecule has 0 aliphatic rings. The highest BCUT2D eigenvalue weighted by Crippen LogP contribution is 2.24. The Morgan fingerprint density at radius 2 is 2.15 bits per heavy atom. The third-order valence-electron chi connectivity index (χ3n) is 2.95. The summed E-state index contributed by atoms with van der Waals surface area (Å²) in [6.45, 7) is 4.65. The molecule has 0 radical (unpaired) electrons. The Bertz CT molecular complexity index is 745. The zero-order valence-electron chi connectivity index (χ0n) is 11.2. The van der Waals surface area contributed by atoms with Gasteiger partial charge in [0.2, 0.25) is 5.82 Å². The number of phenolic OH excluding ortho intramolecular Hbond substituents is 1. The van der Waals surface area contributed by atoms with Gasteiger partial charge in [0.15, 0.2) is 0 Å². The molecule has 0 aliphatic heterocycles. The van der Waals surface area contributed by atoms with Gasteiger partial charge in [0.1, 0.15) is 11.4 Å². The molecule has 3 aromatic rings. The Balaban J connectivity index is 2.02. The van der Waals surface area contributed by atoms with Crippen LogP contribution in [0.2, 0.25) is 0 Å². The maximum absolute atomic E-state index is 9.48. The molecule has 20 heavy (non-hydrogen) atoms. The molecule has 2 aromatic heterocycles. The molecule has 0 atom stereocenters. The number of aryl methyl sites for hydroxylation is 2. The Labute approximate surface area is 115 Å². The normalized spacial score (nSPS) is 10.9. The van der Waals surface area contributed by atoms with Crippen molar-refractivity contribution in [1.29, 1.82) is 0 Å². The van der Waals surface area contributed by atoms with Crippen molar-refractivity contribution in [3.8, 4) is 28.7 Å². The molecule has 0 saturated heterocycles. The molecule has 3 rings (SSSR count). The fourth-order valence-electron chi connectivity index (χ4n) is 2.05. The van der Waals surface area contributed by atoms with E-state index >= 15 is 0 Å². The highest BCUT2D eigenvalue weighted by atomic mass is 16.5. The lowest BCUT2D eigenvalue weighted by Gasteiger charge is -1.98. The summed E-state index contributed by atoms with van der Waals surface area (Å²) in [5.41, 5.74) is 2.40. The van der Waals surface area contributed by atoms with Gasteiger partial charge < -0.3 is 9.63 Å². The number of hydrogen-bond acceptors (Lipinski definition) is 5. The third kappa shape index (κ3) is 2.16. The molecule has 6 heteroatoms. The fourth-order valence-corrected chi connectivity index (χ4v) is 2.05. The van der Waals surface area contributed by atoms with E-state index in [4.69, 9.17) is 4.52 Å². The van der Waals surface area contributed by atoms with Gasteiger partial charge in [-0.1, -0.05) is 17.3 Å². The van der Waals surface area contributed by atoms with E-state index in [1.165, 1.54) is 0 Å². The minimum Gasteiger partial charge on any atom is -0.508 e. The van der Waals surface area contributed by atoms with Gasteiger partial charge in [-0.2, -0.15) is 10.1 Å². The molecule has 0 aliphatic carbocycles. The van der Waals surface area contributed by atoms with Gasteiger partial charge in [-0.25, -0.2) is 0 Å². The van der Waals surface area contributed by atoms with Crippen LogP contribution < -0.4 is 0 Å². The van der Waals surface area contributed by atoms with Gasteiger partial charge in [-0.3, -0.25) is 4.68 Å². The molecule has 2 heterocycles. The highest BCUT2D eigenvalue weighted by Gasteiger charge is 2.15. The Hall–Kier alpha value is -2.63. The molecule has 0 bridgehead atoms. The molecular weight excluding hydrogens is 256 g/mol. The molecule has 102 valence electrons. The predicted molar refractivity (Wildman–Crippen MR) is 73.0 cm³/mol. The number of phenols is 1. The molecule has 0 unspecified atom stereocenters. The van der Waals surface area contributed by atoms with Gasteiger partial charge in [0.05, 0.1) is 5.69 Å². The smallest absolute Gasteiger partial charge is 0.276 e. The summed E-state index contributed by atoms with van der Waals surface area (Å²) in [7, 11) is 0. The lowest BCUT2D eigenvalue weighted by Crippen LogP contribution is -1.99. The van der Waals surface area contributed by atoms with E-state index in [0.717, 1.165) is 17.9 Å². The quantitative estimate of drug-likeness (QED) is 0.791. The van der Waals surface area contributed by atoms with Crippen LogP contribution in [0.25, 0.3) is 23.0 Å².